The average molecular weight is 290 g/mol. The van der Waals surface area contributed by atoms with Gasteiger partial charge in [0, 0.05) is 19.4 Å². The van der Waals surface area contributed by atoms with Crippen LogP contribution in [0.15, 0.2) is 0 Å². The Kier molecular flexibility index (Phi) is 11.1. The van der Waals surface area contributed by atoms with E-state index in [2.05, 4.69) is 10.6 Å². The molecular weight excluding hydrogens is 268 g/mol. The van der Waals surface area contributed by atoms with Crippen LogP contribution in [0.25, 0.3) is 0 Å². The molecule has 110 valence electrons. The van der Waals surface area contributed by atoms with Gasteiger partial charge in [-0.2, -0.15) is 11.8 Å². The number of amides is 3. The van der Waals surface area contributed by atoms with Gasteiger partial charge < -0.3 is 10.4 Å². The van der Waals surface area contributed by atoms with Gasteiger partial charge in [0.05, 0.1) is 0 Å². The first-order valence-corrected chi connectivity index (χ1v) is 7.74. The number of nitrogens with one attached hydrogen (secondary N) is 2. The Morgan fingerprint density at radius 3 is 2.37 bits per heavy atom. The normalized spacial score (nSPS) is 9.95. The summed E-state index contributed by atoms with van der Waals surface area (Å²) < 4.78 is 0. The lowest BCUT2D eigenvalue weighted by Crippen LogP contribution is -2.39. The lowest BCUT2D eigenvalue weighted by atomic mass is 10.2. The predicted octanol–water partition coefficient (Wildman–Crippen LogP) is 1.60. The topological polar surface area (TPSA) is 95.5 Å². The second-order valence-corrected chi connectivity index (χ2v) is 5.09. The van der Waals surface area contributed by atoms with Crippen molar-refractivity contribution < 1.29 is 19.5 Å². The zero-order valence-electron chi connectivity index (χ0n) is 11.2. The van der Waals surface area contributed by atoms with Crippen molar-refractivity contribution in [3.63, 3.8) is 0 Å². The number of hydrogen-bond acceptors (Lipinski definition) is 4. The molecule has 0 aromatic carbocycles. The number of aliphatic carboxylic acids is 1. The molecule has 7 heteroatoms. The van der Waals surface area contributed by atoms with E-state index in [1.807, 2.05) is 6.26 Å². The van der Waals surface area contributed by atoms with E-state index < -0.39 is 12.0 Å². The van der Waals surface area contributed by atoms with Gasteiger partial charge >= 0.3 is 12.0 Å². The molecule has 0 aliphatic heterocycles. The molecule has 0 aliphatic rings. The number of thioether (sulfide) groups is 1. The minimum Gasteiger partial charge on any atom is -0.481 e. The van der Waals surface area contributed by atoms with Crippen LogP contribution in [-0.2, 0) is 9.59 Å². The van der Waals surface area contributed by atoms with Gasteiger partial charge in [-0.15, -0.1) is 0 Å². The van der Waals surface area contributed by atoms with Crippen molar-refractivity contribution in [3.05, 3.63) is 0 Å². The van der Waals surface area contributed by atoms with Crippen LogP contribution in [0.5, 0.6) is 0 Å². The number of rotatable bonds is 10. The van der Waals surface area contributed by atoms with Gasteiger partial charge in [0.15, 0.2) is 0 Å². The molecule has 0 heterocycles. The van der Waals surface area contributed by atoms with E-state index in [0.29, 0.717) is 19.4 Å². The van der Waals surface area contributed by atoms with Crippen LogP contribution in [0, 0.1) is 0 Å². The van der Waals surface area contributed by atoms with Crippen molar-refractivity contribution in [1.29, 1.82) is 0 Å². The highest BCUT2D eigenvalue weighted by atomic mass is 32.2. The number of carboxylic acid groups (broad SMARTS) is 1. The number of carboxylic acids is 1. The minimum atomic E-state index is -0.872. The second-order valence-electron chi connectivity index (χ2n) is 4.10. The third-order valence-corrected chi connectivity index (χ3v) is 3.06. The fourth-order valence-electron chi connectivity index (χ4n) is 1.37. The maximum atomic E-state index is 11.3. The highest BCUT2D eigenvalue weighted by Gasteiger charge is 2.07. The Bertz CT molecular complexity index is 297. The van der Waals surface area contributed by atoms with E-state index in [9.17, 15) is 14.4 Å². The van der Waals surface area contributed by atoms with Crippen molar-refractivity contribution in [2.75, 3.05) is 18.6 Å². The quantitative estimate of drug-likeness (QED) is 0.531. The molecule has 0 unspecified atom stereocenters. The van der Waals surface area contributed by atoms with Gasteiger partial charge in [0.1, 0.15) is 0 Å². The molecular formula is C12H22N2O4S. The van der Waals surface area contributed by atoms with E-state index in [0.717, 1.165) is 18.6 Å². The summed E-state index contributed by atoms with van der Waals surface area (Å²) in [6.07, 6.45) is 5.09. The molecule has 0 radical (unpaired) electrons. The first-order valence-electron chi connectivity index (χ1n) is 6.34. The van der Waals surface area contributed by atoms with Gasteiger partial charge in [-0.05, 0) is 37.7 Å². The Hall–Kier alpha value is -1.24. The van der Waals surface area contributed by atoms with Crippen LogP contribution in [0.3, 0.4) is 0 Å². The molecule has 0 aromatic rings. The summed E-state index contributed by atoms with van der Waals surface area (Å²) in [6.45, 7) is 0.554. The highest BCUT2D eigenvalue weighted by molar-refractivity contribution is 7.98. The fraction of sp³-hybridized carbons (Fsp3) is 0.750. The van der Waals surface area contributed by atoms with Gasteiger partial charge in [0.2, 0.25) is 5.91 Å². The van der Waals surface area contributed by atoms with Gasteiger partial charge in [0.25, 0.3) is 0 Å². The van der Waals surface area contributed by atoms with Crippen molar-refractivity contribution in [2.45, 2.75) is 38.5 Å². The van der Waals surface area contributed by atoms with Gasteiger partial charge in [-0.25, -0.2) is 4.79 Å². The molecule has 6 nitrogen and oxygen atoms in total. The van der Waals surface area contributed by atoms with E-state index in [1.54, 1.807) is 11.8 Å². The Morgan fingerprint density at radius 1 is 1.05 bits per heavy atom. The Balaban J connectivity index is 3.47. The van der Waals surface area contributed by atoms with Crippen molar-refractivity contribution in [1.82, 2.24) is 10.6 Å². The lowest BCUT2D eigenvalue weighted by molar-refractivity contribution is -0.137. The molecule has 19 heavy (non-hydrogen) atoms. The molecule has 3 amide bonds. The van der Waals surface area contributed by atoms with E-state index >= 15 is 0 Å². The zero-order valence-corrected chi connectivity index (χ0v) is 12.1. The predicted molar refractivity (Wildman–Crippen MR) is 75.3 cm³/mol. The summed E-state index contributed by atoms with van der Waals surface area (Å²) in [6, 6.07) is -0.479. The summed E-state index contributed by atoms with van der Waals surface area (Å²) in [5.41, 5.74) is 0. The maximum absolute atomic E-state index is 11.3. The van der Waals surface area contributed by atoms with Crippen LogP contribution in [0.4, 0.5) is 4.79 Å². The van der Waals surface area contributed by atoms with E-state index in [4.69, 9.17) is 5.11 Å². The summed E-state index contributed by atoms with van der Waals surface area (Å²) >= 11 is 1.76. The number of carbonyl (C=O) groups excluding carboxylic acids is 2. The largest absolute Gasteiger partial charge is 0.481 e. The zero-order chi connectivity index (χ0) is 14.5. The van der Waals surface area contributed by atoms with Gasteiger partial charge in [-0.1, -0.05) is 0 Å². The fourth-order valence-corrected chi connectivity index (χ4v) is 1.86. The van der Waals surface area contributed by atoms with Crippen LogP contribution >= 0.6 is 11.8 Å². The highest BCUT2D eigenvalue weighted by Crippen LogP contribution is 2.00. The second kappa shape index (κ2) is 11.8. The molecule has 0 spiro atoms. The molecule has 0 rings (SSSR count). The summed E-state index contributed by atoms with van der Waals surface area (Å²) in [5.74, 6) is -0.179. The minimum absolute atomic E-state index is 0.0505. The molecule has 0 aliphatic carbocycles. The first-order chi connectivity index (χ1) is 9.06. The molecule has 0 atom stereocenters. The molecule has 3 N–H and O–H groups in total. The van der Waals surface area contributed by atoms with E-state index in [1.165, 1.54) is 0 Å². The van der Waals surface area contributed by atoms with Crippen LogP contribution in [-0.4, -0.2) is 41.6 Å². The average Bonchev–Trinajstić information content (AvgIpc) is 2.34. The molecule has 0 bridgehead atoms. The Labute approximate surface area is 117 Å². The van der Waals surface area contributed by atoms with Crippen LogP contribution < -0.4 is 10.6 Å². The van der Waals surface area contributed by atoms with Gasteiger partial charge in [-0.3, -0.25) is 14.9 Å². The summed E-state index contributed by atoms with van der Waals surface area (Å²) in [5, 5.41) is 13.2. The summed E-state index contributed by atoms with van der Waals surface area (Å²) in [7, 11) is 0. The number of urea groups is 1. The maximum Gasteiger partial charge on any atom is 0.321 e. The monoisotopic (exact) mass is 290 g/mol. The smallest absolute Gasteiger partial charge is 0.321 e. The Morgan fingerprint density at radius 2 is 1.74 bits per heavy atom. The van der Waals surface area contributed by atoms with Crippen LogP contribution in [0.1, 0.15) is 38.5 Å². The number of carbonyl (C=O) groups is 3. The molecule has 0 fully saturated rings. The standard InChI is InChI=1S/C12H22N2O4S/c1-19-9-5-4-8-13-12(18)14-10(15)6-2-3-7-11(16)17/h2-9H2,1H3,(H,16,17)(H2,13,14,15,18). The lowest BCUT2D eigenvalue weighted by Gasteiger charge is -2.06. The van der Waals surface area contributed by atoms with E-state index in [-0.39, 0.29) is 18.7 Å². The third-order valence-electron chi connectivity index (χ3n) is 2.36. The van der Waals surface area contributed by atoms with Crippen molar-refractivity contribution in [3.8, 4) is 0 Å². The number of unbranched alkanes of at least 4 members (excludes halogenated alkanes) is 2. The van der Waals surface area contributed by atoms with Crippen molar-refractivity contribution in [2.24, 2.45) is 0 Å². The molecule has 0 saturated heterocycles. The SMILES string of the molecule is CSCCCCNC(=O)NC(=O)CCCCC(=O)O. The van der Waals surface area contributed by atoms with Crippen LogP contribution in [0.2, 0.25) is 0 Å². The first kappa shape index (κ1) is 17.8. The number of imide groups is 1. The molecule has 0 aromatic heterocycles. The molecule has 0 saturated carbocycles. The number of hydrogen-bond donors (Lipinski definition) is 3. The summed E-state index contributed by atoms with van der Waals surface area (Å²) in [4.78, 5) is 32.8. The van der Waals surface area contributed by atoms with Crippen molar-refractivity contribution >= 4 is 29.7 Å². The third kappa shape index (κ3) is 13.0.